The Labute approximate surface area is 101 Å². The molecule has 0 amide bonds. The largest absolute Gasteiger partial charge is 0.192 e. The Morgan fingerprint density at radius 2 is 1.21 bits per heavy atom. The predicted octanol–water partition coefficient (Wildman–Crippen LogP) is 3.68. The number of halogens is 3. The molecule has 14 heavy (non-hydrogen) atoms. The standard InChI is InChI=1S/C8HCl3N2S/c9-5-3(1-12)6(10)8(14)7(11)4(5)2-13/h14H. The summed E-state index contributed by atoms with van der Waals surface area (Å²) in [6.45, 7) is 0. The van der Waals surface area contributed by atoms with Crippen molar-refractivity contribution >= 4 is 47.4 Å². The van der Waals surface area contributed by atoms with Gasteiger partial charge < -0.3 is 0 Å². The number of hydrogen-bond donors (Lipinski definition) is 1. The van der Waals surface area contributed by atoms with Crippen LogP contribution in [0.2, 0.25) is 15.1 Å². The highest BCUT2D eigenvalue weighted by Gasteiger charge is 2.18. The van der Waals surface area contributed by atoms with E-state index in [0.717, 1.165) is 0 Å². The maximum absolute atomic E-state index is 8.73. The van der Waals surface area contributed by atoms with Crippen LogP contribution in [-0.2, 0) is 0 Å². The van der Waals surface area contributed by atoms with Gasteiger partial charge in [0.1, 0.15) is 12.1 Å². The maximum Gasteiger partial charge on any atom is 0.102 e. The summed E-state index contributed by atoms with van der Waals surface area (Å²) < 4.78 is 0. The van der Waals surface area contributed by atoms with Gasteiger partial charge in [0, 0.05) is 4.90 Å². The molecule has 2 nitrogen and oxygen atoms in total. The molecular weight excluding hydrogens is 263 g/mol. The molecule has 0 aliphatic carbocycles. The molecule has 1 aromatic rings. The Bertz CT molecular complexity index is 444. The summed E-state index contributed by atoms with van der Waals surface area (Å²) in [5.74, 6) is 0. The summed E-state index contributed by atoms with van der Waals surface area (Å²) >= 11 is 21.2. The van der Waals surface area contributed by atoms with Gasteiger partial charge in [0.2, 0.25) is 0 Å². The molecular formula is C8HCl3N2S. The average molecular weight is 264 g/mol. The van der Waals surface area contributed by atoms with Crippen LogP contribution in [-0.4, -0.2) is 0 Å². The monoisotopic (exact) mass is 262 g/mol. The van der Waals surface area contributed by atoms with Gasteiger partial charge in [0.25, 0.3) is 0 Å². The fourth-order valence-corrected chi connectivity index (χ4v) is 1.95. The molecule has 0 aromatic heterocycles. The molecule has 0 atom stereocenters. The van der Waals surface area contributed by atoms with Gasteiger partial charge in [-0.05, 0) is 0 Å². The summed E-state index contributed by atoms with van der Waals surface area (Å²) in [6.07, 6.45) is 0. The van der Waals surface area contributed by atoms with Crippen molar-refractivity contribution in [2.75, 3.05) is 0 Å². The second-order valence-electron chi connectivity index (χ2n) is 2.26. The van der Waals surface area contributed by atoms with E-state index in [1.54, 1.807) is 12.1 Å². The van der Waals surface area contributed by atoms with E-state index in [9.17, 15) is 0 Å². The Balaban J connectivity index is 3.78. The number of benzene rings is 1. The zero-order chi connectivity index (χ0) is 10.9. The van der Waals surface area contributed by atoms with Crippen molar-refractivity contribution < 1.29 is 0 Å². The van der Waals surface area contributed by atoms with Gasteiger partial charge in [0.15, 0.2) is 0 Å². The van der Waals surface area contributed by atoms with Crippen LogP contribution < -0.4 is 0 Å². The summed E-state index contributed by atoms with van der Waals surface area (Å²) in [4.78, 5) is 0.186. The van der Waals surface area contributed by atoms with Gasteiger partial charge in [-0.3, -0.25) is 0 Å². The van der Waals surface area contributed by atoms with Crippen LogP contribution in [0.3, 0.4) is 0 Å². The smallest absolute Gasteiger partial charge is 0.102 e. The van der Waals surface area contributed by atoms with E-state index in [1.165, 1.54) is 0 Å². The van der Waals surface area contributed by atoms with Gasteiger partial charge in [-0.25, -0.2) is 0 Å². The van der Waals surface area contributed by atoms with Crippen molar-refractivity contribution in [1.82, 2.24) is 0 Å². The molecule has 0 heterocycles. The normalized spacial score (nSPS) is 9.29. The Morgan fingerprint density at radius 1 is 0.857 bits per heavy atom. The van der Waals surface area contributed by atoms with Crippen LogP contribution >= 0.6 is 47.4 Å². The first-order chi connectivity index (χ1) is 6.54. The molecule has 0 aliphatic heterocycles. The minimum atomic E-state index is -0.0391. The van der Waals surface area contributed by atoms with E-state index in [-0.39, 0.29) is 31.1 Å². The van der Waals surface area contributed by atoms with E-state index in [0.29, 0.717) is 0 Å². The van der Waals surface area contributed by atoms with Crippen molar-refractivity contribution in [3.63, 3.8) is 0 Å². The second-order valence-corrected chi connectivity index (χ2v) is 3.85. The first-order valence-corrected chi connectivity index (χ1v) is 4.82. The van der Waals surface area contributed by atoms with Gasteiger partial charge in [0.05, 0.1) is 26.2 Å². The highest BCUT2D eigenvalue weighted by molar-refractivity contribution is 7.80. The highest BCUT2D eigenvalue weighted by Crippen LogP contribution is 2.39. The van der Waals surface area contributed by atoms with Crippen LogP contribution in [0.4, 0.5) is 0 Å². The average Bonchev–Trinajstić information content (AvgIpc) is 2.16. The van der Waals surface area contributed by atoms with E-state index in [1.807, 2.05) is 0 Å². The lowest BCUT2D eigenvalue weighted by Crippen LogP contribution is -1.89. The first kappa shape index (κ1) is 11.5. The topological polar surface area (TPSA) is 47.6 Å². The third kappa shape index (κ3) is 1.65. The third-order valence-corrected chi connectivity index (χ3v) is 3.36. The first-order valence-electron chi connectivity index (χ1n) is 3.24. The molecule has 70 valence electrons. The molecule has 0 fully saturated rings. The molecule has 0 unspecified atom stereocenters. The molecule has 0 aliphatic rings. The van der Waals surface area contributed by atoms with Crippen LogP contribution in [0, 0.1) is 22.7 Å². The molecule has 0 radical (unpaired) electrons. The minimum absolute atomic E-state index is 0.0132. The molecule has 6 heteroatoms. The Hall–Kier alpha value is -0.580. The number of nitriles is 2. The fraction of sp³-hybridized carbons (Fsp3) is 0. The maximum atomic E-state index is 8.73. The molecule has 0 bridgehead atoms. The molecule has 0 saturated carbocycles. The van der Waals surface area contributed by atoms with Crippen LogP contribution in [0.15, 0.2) is 4.90 Å². The van der Waals surface area contributed by atoms with Crippen molar-refractivity contribution in [3.05, 3.63) is 26.2 Å². The summed E-state index contributed by atoms with van der Waals surface area (Å²) in [5.41, 5.74) is 0.0265. The van der Waals surface area contributed by atoms with Crippen LogP contribution in [0.25, 0.3) is 0 Å². The van der Waals surface area contributed by atoms with Crippen molar-refractivity contribution in [3.8, 4) is 12.1 Å². The van der Waals surface area contributed by atoms with E-state index < -0.39 is 0 Å². The summed E-state index contributed by atoms with van der Waals surface area (Å²) in [5, 5.41) is 17.5. The minimum Gasteiger partial charge on any atom is -0.192 e. The Kier molecular flexibility index (Phi) is 3.53. The molecule has 1 aromatic carbocycles. The van der Waals surface area contributed by atoms with E-state index in [4.69, 9.17) is 45.3 Å². The quantitative estimate of drug-likeness (QED) is 0.726. The lowest BCUT2D eigenvalue weighted by Gasteiger charge is -2.06. The highest BCUT2D eigenvalue weighted by atomic mass is 35.5. The number of nitrogens with zero attached hydrogens (tertiary/aromatic N) is 2. The zero-order valence-corrected chi connectivity index (χ0v) is 9.64. The number of hydrogen-bond acceptors (Lipinski definition) is 3. The van der Waals surface area contributed by atoms with Crippen molar-refractivity contribution in [2.24, 2.45) is 0 Å². The Morgan fingerprint density at radius 3 is 1.50 bits per heavy atom. The molecule has 1 rings (SSSR count). The van der Waals surface area contributed by atoms with Crippen molar-refractivity contribution in [2.45, 2.75) is 4.90 Å². The zero-order valence-electron chi connectivity index (χ0n) is 6.48. The third-order valence-electron chi connectivity index (χ3n) is 1.52. The van der Waals surface area contributed by atoms with Gasteiger partial charge >= 0.3 is 0 Å². The van der Waals surface area contributed by atoms with Crippen LogP contribution in [0.5, 0.6) is 0 Å². The van der Waals surface area contributed by atoms with Crippen LogP contribution in [0.1, 0.15) is 11.1 Å². The van der Waals surface area contributed by atoms with E-state index >= 15 is 0 Å². The van der Waals surface area contributed by atoms with E-state index in [2.05, 4.69) is 12.6 Å². The van der Waals surface area contributed by atoms with Gasteiger partial charge in [-0.15, -0.1) is 12.6 Å². The lowest BCUT2D eigenvalue weighted by molar-refractivity contribution is 1.37. The fourth-order valence-electron chi connectivity index (χ4n) is 0.847. The lowest BCUT2D eigenvalue weighted by atomic mass is 10.1. The van der Waals surface area contributed by atoms with Gasteiger partial charge in [-0.2, -0.15) is 10.5 Å². The van der Waals surface area contributed by atoms with Gasteiger partial charge in [-0.1, -0.05) is 34.8 Å². The molecule has 0 N–H and O–H groups in total. The molecule has 0 saturated heterocycles. The predicted molar refractivity (Wildman–Crippen MR) is 58.2 cm³/mol. The number of thiol groups is 1. The summed E-state index contributed by atoms with van der Waals surface area (Å²) in [7, 11) is 0. The SMILES string of the molecule is N#Cc1c(Cl)c(S)c(Cl)c(C#N)c1Cl. The molecule has 0 spiro atoms. The second kappa shape index (κ2) is 4.29. The summed E-state index contributed by atoms with van der Waals surface area (Å²) in [6, 6.07) is 3.57. The van der Waals surface area contributed by atoms with Crippen molar-refractivity contribution in [1.29, 1.82) is 10.5 Å². The number of rotatable bonds is 0.